The van der Waals surface area contributed by atoms with E-state index in [2.05, 4.69) is 0 Å². The van der Waals surface area contributed by atoms with Crippen LogP contribution in [0.25, 0.3) is 0 Å². The fourth-order valence-electron chi connectivity index (χ4n) is 1.10. The zero-order chi connectivity index (χ0) is 10.7. The van der Waals surface area contributed by atoms with E-state index >= 15 is 0 Å². The first-order valence-electron chi connectivity index (χ1n) is 4.30. The summed E-state index contributed by atoms with van der Waals surface area (Å²) in [5.74, 6) is -0.0834. The van der Waals surface area contributed by atoms with Crippen LogP contribution in [0.1, 0.15) is 29.8 Å². The third-order valence-corrected chi connectivity index (χ3v) is 2.20. The Balaban J connectivity index is 3.14. The molecule has 72 valence electrons. The summed E-state index contributed by atoms with van der Waals surface area (Å²) in [6, 6.07) is 6.68. The zero-order valence-corrected chi connectivity index (χ0v) is 8.80. The zero-order valence-electron chi connectivity index (χ0n) is 8.04. The number of halogens is 1. The summed E-state index contributed by atoms with van der Waals surface area (Å²) in [6.45, 7) is 3.63. The Kier molecular flexibility index (Phi) is 3.27. The molecule has 0 atom stereocenters. The number of hydrogen-bond donors (Lipinski definition) is 0. The maximum absolute atomic E-state index is 11.6. The number of rotatable bonds is 2. The maximum Gasteiger partial charge on any atom is 0.166 e. The highest BCUT2D eigenvalue weighted by Gasteiger charge is 2.13. The molecule has 0 saturated carbocycles. The summed E-state index contributed by atoms with van der Waals surface area (Å²) in [7, 11) is 0. The van der Waals surface area contributed by atoms with Gasteiger partial charge in [0.1, 0.15) is 0 Å². The monoisotopic (exact) mass is 207 g/mol. The SMILES string of the molecule is CC(C)C(=O)c1ccc(C#N)cc1Cl. The molecule has 2 nitrogen and oxygen atoms in total. The van der Waals surface area contributed by atoms with Gasteiger partial charge in [-0.15, -0.1) is 0 Å². The van der Waals surface area contributed by atoms with Crippen molar-refractivity contribution in [1.29, 1.82) is 5.26 Å². The van der Waals surface area contributed by atoms with Crippen LogP contribution >= 0.6 is 11.6 Å². The Morgan fingerprint density at radius 1 is 1.50 bits per heavy atom. The van der Waals surface area contributed by atoms with E-state index in [-0.39, 0.29) is 11.7 Å². The lowest BCUT2D eigenvalue weighted by Crippen LogP contribution is -2.07. The van der Waals surface area contributed by atoms with Crippen molar-refractivity contribution in [2.24, 2.45) is 5.92 Å². The van der Waals surface area contributed by atoms with E-state index in [0.717, 1.165) is 0 Å². The highest BCUT2D eigenvalue weighted by Crippen LogP contribution is 2.20. The van der Waals surface area contributed by atoms with E-state index in [4.69, 9.17) is 16.9 Å². The first-order chi connectivity index (χ1) is 6.56. The van der Waals surface area contributed by atoms with Crippen molar-refractivity contribution in [2.75, 3.05) is 0 Å². The van der Waals surface area contributed by atoms with Crippen LogP contribution in [0.4, 0.5) is 0 Å². The van der Waals surface area contributed by atoms with E-state index < -0.39 is 0 Å². The lowest BCUT2D eigenvalue weighted by atomic mass is 10.0. The van der Waals surface area contributed by atoms with Crippen molar-refractivity contribution in [1.82, 2.24) is 0 Å². The van der Waals surface area contributed by atoms with Gasteiger partial charge in [-0.1, -0.05) is 25.4 Å². The van der Waals surface area contributed by atoms with Gasteiger partial charge < -0.3 is 0 Å². The second-order valence-corrected chi connectivity index (χ2v) is 3.73. The van der Waals surface area contributed by atoms with Gasteiger partial charge in [0.15, 0.2) is 5.78 Å². The third kappa shape index (κ3) is 2.12. The van der Waals surface area contributed by atoms with Crippen LogP contribution in [-0.2, 0) is 0 Å². The maximum atomic E-state index is 11.6. The predicted octanol–water partition coefficient (Wildman–Crippen LogP) is 3.05. The topological polar surface area (TPSA) is 40.9 Å². The molecule has 0 fully saturated rings. The Morgan fingerprint density at radius 2 is 2.14 bits per heavy atom. The molecule has 0 radical (unpaired) electrons. The van der Waals surface area contributed by atoms with E-state index in [1.165, 1.54) is 6.07 Å². The molecule has 0 spiro atoms. The lowest BCUT2D eigenvalue weighted by Gasteiger charge is -2.05. The minimum absolute atomic E-state index is 0.000472. The second-order valence-electron chi connectivity index (χ2n) is 3.33. The standard InChI is InChI=1S/C11H10ClNO/c1-7(2)11(14)9-4-3-8(6-13)5-10(9)12/h3-5,7H,1-2H3. The van der Waals surface area contributed by atoms with Crippen LogP contribution in [0.5, 0.6) is 0 Å². The molecule has 0 amide bonds. The summed E-state index contributed by atoms with van der Waals surface area (Å²) >= 11 is 5.88. The van der Waals surface area contributed by atoms with Gasteiger partial charge in [0.25, 0.3) is 0 Å². The molecule has 14 heavy (non-hydrogen) atoms. The normalized spacial score (nSPS) is 9.93. The number of nitriles is 1. The van der Waals surface area contributed by atoms with Crippen molar-refractivity contribution in [2.45, 2.75) is 13.8 Å². The minimum Gasteiger partial charge on any atom is -0.294 e. The van der Waals surface area contributed by atoms with Gasteiger partial charge in [0.05, 0.1) is 16.7 Å². The summed E-state index contributed by atoms with van der Waals surface area (Å²) in [4.78, 5) is 11.6. The van der Waals surface area contributed by atoms with E-state index in [1.54, 1.807) is 12.1 Å². The fourth-order valence-corrected chi connectivity index (χ4v) is 1.37. The quantitative estimate of drug-likeness (QED) is 0.700. The van der Waals surface area contributed by atoms with Crippen LogP contribution in [0.15, 0.2) is 18.2 Å². The van der Waals surface area contributed by atoms with Crippen molar-refractivity contribution in [3.63, 3.8) is 0 Å². The van der Waals surface area contributed by atoms with Crippen LogP contribution in [0, 0.1) is 17.2 Å². The largest absolute Gasteiger partial charge is 0.294 e. The Labute approximate surface area is 88.1 Å². The van der Waals surface area contributed by atoms with E-state index in [0.29, 0.717) is 16.1 Å². The fraction of sp³-hybridized carbons (Fsp3) is 0.273. The van der Waals surface area contributed by atoms with Gasteiger partial charge in [0.2, 0.25) is 0 Å². The number of Topliss-reactive ketones (excluding diaryl/α,β-unsaturated/α-hetero) is 1. The molecule has 3 heteroatoms. The molecule has 0 N–H and O–H groups in total. The molecule has 1 aromatic carbocycles. The molecule has 1 aromatic rings. The lowest BCUT2D eigenvalue weighted by molar-refractivity contribution is 0.0939. The molecule has 1 rings (SSSR count). The minimum atomic E-state index is -0.0829. The van der Waals surface area contributed by atoms with Crippen molar-refractivity contribution in [3.8, 4) is 6.07 Å². The second kappa shape index (κ2) is 4.26. The number of ketones is 1. The summed E-state index contributed by atoms with van der Waals surface area (Å²) in [5.41, 5.74) is 0.955. The average Bonchev–Trinajstić information content (AvgIpc) is 2.16. The van der Waals surface area contributed by atoms with Crippen molar-refractivity contribution < 1.29 is 4.79 Å². The van der Waals surface area contributed by atoms with Gasteiger partial charge in [0, 0.05) is 11.5 Å². The third-order valence-electron chi connectivity index (χ3n) is 1.89. The molecular formula is C11H10ClNO. The molecule has 0 unspecified atom stereocenters. The Bertz CT molecular complexity index is 404. The van der Waals surface area contributed by atoms with E-state index in [9.17, 15) is 4.79 Å². The molecule has 0 aliphatic carbocycles. The molecule has 0 bridgehead atoms. The van der Waals surface area contributed by atoms with Gasteiger partial charge in [-0.25, -0.2) is 0 Å². The van der Waals surface area contributed by atoms with E-state index in [1.807, 2.05) is 19.9 Å². The van der Waals surface area contributed by atoms with Gasteiger partial charge in [-0.2, -0.15) is 5.26 Å². The number of nitrogens with zero attached hydrogens (tertiary/aromatic N) is 1. The number of benzene rings is 1. The van der Waals surface area contributed by atoms with Crippen LogP contribution in [0.3, 0.4) is 0 Å². The van der Waals surface area contributed by atoms with Gasteiger partial charge in [-0.3, -0.25) is 4.79 Å². The molecule has 0 heterocycles. The van der Waals surface area contributed by atoms with Gasteiger partial charge >= 0.3 is 0 Å². The van der Waals surface area contributed by atoms with Crippen LogP contribution in [0.2, 0.25) is 5.02 Å². The van der Waals surface area contributed by atoms with Crippen LogP contribution < -0.4 is 0 Å². The van der Waals surface area contributed by atoms with Crippen molar-refractivity contribution >= 4 is 17.4 Å². The number of carbonyl (C=O) groups excluding carboxylic acids is 1. The molecule has 0 saturated heterocycles. The Morgan fingerprint density at radius 3 is 2.57 bits per heavy atom. The smallest absolute Gasteiger partial charge is 0.166 e. The molecule has 0 aliphatic rings. The Hall–Kier alpha value is -1.33. The first-order valence-corrected chi connectivity index (χ1v) is 4.68. The van der Waals surface area contributed by atoms with Gasteiger partial charge in [-0.05, 0) is 18.2 Å². The number of hydrogen-bond acceptors (Lipinski definition) is 2. The molecule has 0 aliphatic heterocycles. The summed E-state index contributed by atoms with van der Waals surface area (Å²) in [6.07, 6.45) is 0. The predicted molar refractivity (Wildman–Crippen MR) is 55.3 cm³/mol. The van der Waals surface area contributed by atoms with Crippen LogP contribution in [-0.4, -0.2) is 5.78 Å². The molecular weight excluding hydrogens is 198 g/mol. The summed E-state index contributed by atoms with van der Waals surface area (Å²) < 4.78 is 0. The highest BCUT2D eigenvalue weighted by molar-refractivity contribution is 6.34. The number of carbonyl (C=O) groups is 1. The highest BCUT2D eigenvalue weighted by atomic mass is 35.5. The average molecular weight is 208 g/mol. The first kappa shape index (κ1) is 10.7. The van der Waals surface area contributed by atoms with Crippen molar-refractivity contribution in [3.05, 3.63) is 34.3 Å². The summed E-state index contributed by atoms with van der Waals surface area (Å²) in [5, 5.41) is 8.96. The molecule has 0 aromatic heterocycles.